The Labute approximate surface area is 118 Å². The largest absolute Gasteiger partial charge is 0.315 e. The van der Waals surface area contributed by atoms with E-state index in [1.165, 1.54) is 0 Å². The van der Waals surface area contributed by atoms with Crippen molar-refractivity contribution in [2.45, 2.75) is 23.8 Å². The fourth-order valence-corrected chi connectivity index (χ4v) is 4.03. The number of benzene rings is 1. The third-order valence-electron chi connectivity index (χ3n) is 3.51. The van der Waals surface area contributed by atoms with Crippen molar-refractivity contribution in [3.63, 3.8) is 0 Å². The minimum atomic E-state index is -3.52. The standard InChI is InChI=1S/C14H17N3O2S/c18-20(19,17-11-4-2-8-15-10-11)14-7-1-6-13-12(14)5-3-9-16-13/h1,3,5-7,9,11,15,17H,2,4,8,10H2/t11-/m0/s1. The molecule has 2 heterocycles. The number of piperidine rings is 1. The van der Waals surface area contributed by atoms with Crippen LogP contribution in [0.1, 0.15) is 12.8 Å². The molecule has 0 radical (unpaired) electrons. The molecule has 1 saturated heterocycles. The summed E-state index contributed by atoms with van der Waals surface area (Å²) >= 11 is 0. The Morgan fingerprint density at radius 1 is 1.25 bits per heavy atom. The molecule has 0 unspecified atom stereocenters. The van der Waals surface area contributed by atoms with E-state index in [0.29, 0.717) is 22.3 Å². The summed E-state index contributed by atoms with van der Waals surface area (Å²) in [6.45, 7) is 1.64. The second kappa shape index (κ2) is 5.47. The fourth-order valence-electron chi connectivity index (χ4n) is 2.54. The van der Waals surface area contributed by atoms with E-state index in [0.717, 1.165) is 19.4 Å². The molecular weight excluding hydrogens is 274 g/mol. The summed E-state index contributed by atoms with van der Waals surface area (Å²) in [7, 11) is -3.52. The van der Waals surface area contributed by atoms with Crippen LogP contribution in [0.4, 0.5) is 0 Å². The van der Waals surface area contributed by atoms with Gasteiger partial charge in [-0.15, -0.1) is 0 Å². The molecule has 3 rings (SSSR count). The van der Waals surface area contributed by atoms with Crippen LogP contribution >= 0.6 is 0 Å². The third kappa shape index (κ3) is 2.67. The van der Waals surface area contributed by atoms with Crippen LogP contribution < -0.4 is 10.0 Å². The summed E-state index contributed by atoms with van der Waals surface area (Å²) in [5.41, 5.74) is 0.692. The predicted molar refractivity (Wildman–Crippen MR) is 78.0 cm³/mol. The zero-order valence-corrected chi connectivity index (χ0v) is 11.9. The Bertz CT molecular complexity index is 704. The second-order valence-corrected chi connectivity index (χ2v) is 6.67. The molecule has 0 saturated carbocycles. The first kappa shape index (κ1) is 13.5. The van der Waals surface area contributed by atoms with Gasteiger partial charge >= 0.3 is 0 Å². The average Bonchev–Trinajstić information content (AvgIpc) is 2.47. The molecule has 1 aliphatic heterocycles. The molecule has 0 bridgehead atoms. The van der Waals surface area contributed by atoms with Gasteiger partial charge in [0.05, 0.1) is 10.4 Å². The van der Waals surface area contributed by atoms with Crippen LogP contribution in [0.2, 0.25) is 0 Å². The number of fused-ring (bicyclic) bond motifs is 1. The van der Waals surface area contributed by atoms with Crippen LogP contribution in [0.5, 0.6) is 0 Å². The maximum absolute atomic E-state index is 12.5. The highest BCUT2D eigenvalue weighted by Gasteiger charge is 2.23. The number of sulfonamides is 1. The van der Waals surface area contributed by atoms with Gasteiger partial charge in [-0.3, -0.25) is 4.98 Å². The molecule has 20 heavy (non-hydrogen) atoms. The van der Waals surface area contributed by atoms with E-state index in [9.17, 15) is 8.42 Å². The van der Waals surface area contributed by atoms with E-state index in [1.807, 2.05) is 6.07 Å². The molecule has 0 amide bonds. The van der Waals surface area contributed by atoms with Gasteiger partial charge in [0.15, 0.2) is 0 Å². The van der Waals surface area contributed by atoms with Gasteiger partial charge < -0.3 is 5.32 Å². The first-order valence-electron chi connectivity index (χ1n) is 6.74. The molecule has 2 N–H and O–H groups in total. The molecule has 1 atom stereocenters. The molecule has 0 aliphatic carbocycles. The predicted octanol–water partition coefficient (Wildman–Crippen LogP) is 1.27. The molecule has 1 aromatic heterocycles. The lowest BCUT2D eigenvalue weighted by Crippen LogP contribution is -2.45. The van der Waals surface area contributed by atoms with Gasteiger partial charge in [-0.2, -0.15) is 0 Å². The maximum atomic E-state index is 12.5. The summed E-state index contributed by atoms with van der Waals surface area (Å²) in [6.07, 6.45) is 3.52. The van der Waals surface area contributed by atoms with Crippen molar-refractivity contribution in [2.75, 3.05) is 13.1 Å². The van der Waals surface area contributed by atoms with E-state index < -0.39 is 10.0 Å². The summed E-state index contributed by atoms with van der Waals surface area (Å²) in [4.78, 5) is 4.50. The molecule has 1 aliphatic rings. The highest BCUT2D eigenvalue weighted by atomic mass is 32.2. The van der Waals surface area contributed by atoms with Crippen molar-refractivity contribution in [2.24, 2.45) is 0 Å². The molecule has 2 aromatic rings. The number of aromatic nitrogens is 1. The Hall–Kier alpha value is -1.50. The van der Waals surface area contributed by atoms with Crippen molar-refractivity contribution in [1.82, 2.24) is 15.0 Å². The van der Waals surface area contributed by atoms with E-state index >= 15 is 0 Å². The van der Waals surface area contributed by atoms with Gasteiger partial charge in [0.2, 0.25) is 10.0 Å². The number of pyridine rings is 1. The van der Waals surface area contributed by atoms with Crippen molar-refractivity contribution >= 4 is 20.9 Å². The Morgan fingerprint density at radius 2 is 2.15 bits per heavy atom. The quantitative estimate of drug-likeness (QED) is 0.893. The topological polar surface area (TPSA) is 71.1 Å². The molecule has 0 spiro atoms. The first-order chi connectivity index (χ1) is 9.67. The first-order valence-corrected chi connectivity index (χ1v) is 8.22. The molecule has 5 nitrogen and oxygen atoms in total. The van der Waals surface area contributed by atoms with E-state index in [-0.39, 0.29) is 6.04 Å². The Kier molecular flexibility index (Phi) is 3.69. The SMILES string of the molecule is O=S(=O)(N[C@H]1CCCNC1)c1cccc2ncccc12. The molecule has 106 valence electrons. The summed E-state index contributed by atoms with van der Waals surface area (Å²) in [6, 6.07) is 8.67. The van der Waals surface area contributed by atoms with Gasteiger partial charge in [0.25, 0.3) is 0 Å². The van der Waals surface area contributed by atoms with Gasteiger partial charge in [0.1, 0.15) is 0 Å². The van der Waals surface area contributed by atoms with E-state index in [4.69, 9.17) is 0 Å². The van der Waals surface area contributed by atoms with Gasteiger partial charge in [-0.1, -0.05) is 6.07 Å². The van der Waals surface area contributed by atoms with Gasteiger partial charge in [0, 0.05) is 24.2 Å². The number of nitrogens with one attached hydrogen (secondary N) is 2. The number of hydrogen-bond donors (Lipinski definition) is 2. The molecule has 6 heteroatoms. The van der Waals surface area contributed by atoms with E-state index in [2.05, 4.69) is 15.0 Å². The van der Waals surface area contributed by atoms with Crippen molar-refractivity contribution in [3.8, 4) is 0 Å². The Morgan fingerprint density at radius 3 is 2.95 bits per heavy atom. The lowest BCUT2D eigenvalue weighted by Gasteiger charge is -2.23. The van der Waals surface area contributed by atoms with E-state index in [1.54, 1.807) is 30.5 Å². The third-order valence-corrected chi connectivity index (χ3v) is 5.09. The van der Waals surface area contributed by atoms with Gasteiger partial charge in [-0.25, -0.2) is 13.1 Å². The lowest BCUT2D eigenvalue weighted by molar-refractivity contribution is 0.429. The highest BCUT2D eigenvalue weighted by molar-refractivity contribution is 7.89. The van der Waals surface area contributed by atoms with Crippen LogP contribution in [-0.4, -0.2) is 32.5 Å². The van der Waals surface area contributed by atoms with Crippen molar-refractivity contribution in [1.29, 1.82) is 0 Å². The van der Waals surface area contributed by atoms with Crippen LogP contribution in [0.3, 0.4) is 0 Å². The fraction of sp³-hybridized carbons (Fsp3) is 0.357. The minimum Gasteiger partial charge on any atom is -0.315 e. The van der Waals surface area contributed by atoms with Crippen molar-refractivity contribution < 1.29 is 8.42 Å². The zero-order chi connectivity index (χ0) is 14.0. The lowest BCUT2D eigenvalue weighted by atomic mass is 10.1. The number of hydrogen-bond acceptors (Lipinski definition) is 4. The van der Waals surface area contributed by atoms with Crippen LogP contribution in [-0.2, 0) is 10.0 Å². The molecule has 1 aromatic carbocycles. The van der Waals surface area contributed by atoms with Crippen LogP contribution in [0.15, 0.2) is 41.4 Å². The highest BCUT2D eigenvalue weighted by Crippen LogP contribution is 2.21. The normalized spacial score (nSPS) is 20.1. The number of rotatable bonds is 3. The van der Waals surface area contributed by atoms with Crippen molar-refractivity contribution in [3.05, 3.63) is 36.5 Å². The average molecular weight is 291 g/mol. The monoisotopic (exact) mass is 291 g/mol. The number of nitrogens with zero attached hydrogens (tertiary/aromatic N) is 1. The summed E-state index contributed by atoms with van der Waals surface area (Å²) in [5.74, 6) is 0. The second-order valence-electron chi connectivity index (χ2n) is 4.99. The smallest absolute Gasteiger partial charge is 0.241 e. The Balaban J connectivity index is 1.96. The van der Waals surface area contributed by atoms with Gasteiger partial charge in [-0.05, 0) is 43.7 Å². The van der Waals surface area contributed by atoms with Crippen LogP contribution in [0.25, 0.3) is 10.9 Å². The minimum absolute atomic E-state index is 0.0410. The molecular formula is C14H17N3O2S. The van der Waals surface area contributed by atoms with Crippen LogP contribution in [0, 0.1) is 0 Å². The maximum Gasteiger partial charge on any atom is 0.241 e. The summed E-state index contributed by atoms with van der Waals surface area (Å²) < 4.78 is 27.9. The summed E-state index contributed by atoms with van der Waals surface area (Å²) in [5, 5.41) is 3.87. The molecule has 1 fully saturated rings. The zero-order valence-electron chi connectivity index (χ0n) is 11.0.